The van der Waals surface area contributed by atoms with Crippen molar-refractivity contribution in [1.82, 2.24) is 4.90 Å². The molecule has 0 bridgehead atoms. The Labute approximate surface area is 164 Å². The van der Waals surface area contributed by atoms with E-state index in [2.05, 4.69) is 0 Å². The molecule has 2 aromatic rings. The van der Waals surface area contributed by atoms with Gasteiger partial charge in [0.1, 0.15) is 0 Å². The van der Waals surface area contributed by atoms with Crippen LogP contribution < -0.4 is 4.90 Å². The van der Waals surface area contributed by atoms with E-state index < -0.39 is 9.84 Å². The van der Waals surface area contributed by atoms with Crippen molar-refractivity contribution in [2.24, 2.45) is 0 Å². The number of benzene rings is 2. The van der Waals surface area contributed by atoms with Crippen molar-refractivity contribution in [3.63, 3.8) is 0 Å². The molecule has 0 aliphatic carbocycles. The Morgan fingerprint density at radius 1 is 1.07 bits per heavy atom. The Hall–Kier alpha value is -1.99. The maximum atomic E-state index is 13.3. The van der Waals surface area contributed by atoms with Gasteiger partial charge in [0.2, 0.25) is 0 Å². The third-order valence-electron chi connectivity index (χ3n) is 5.24. The van der Waals surface area contributed by atoms with E-state index in [4.69, 9.17) is 0 Å². The van der Waals surface area contributed by atoms with Gasteiger partial charge in [-0.25, -0.2) is 13.2 Å². The van der Waals surface area contributed by atoms with E-state index >= 15 is 0 Å². The number of hydrogen-bond donors (Lipinski definition) is 0. The second kappa shape index (κ2) is 6.87. The monoisotopic (exact) mass is 402 g/mol. The zero-order chi connectivity index (χ0) is 19.2. The fourth-order valence-corrected chi connectivity index (χ4v) is 6.43. The van der Waals surface area contributed by atoms with E-state index in [1.165, 1.54) is 0 Å². The number of carbonyl (C=O) groups excluding carboxylic acids is 1. The van der Waals surface area contributed by atoms with Crippen molar-refractivity contribution >= 4 is 33.3 Å². The van der Waals surface area contributed by atoms with Gasteiger partial charge in [-0.15, -0.1) is 11.8 Å². The van der Waals surface area contributed by atoms with Crippen molar-refractivity contribution in [1.29, 1.82) is 0 Å². The summed E-state index contributed by atoms with van der Waals surface area (Å²) in [5.41, 5.74) is 2.91. The minimum absolute atomic E-state index is 0.0250. The predicted molar refractivity (Wildman–Crippen MR) is 109 cm³/mol. The molecule has 27 heavy (non-hydrogen) atoms. The maximum Gasteiger partial charge on any atom is 0.325 e. The Morgan fingerprint density at radius 2 is 1.81 bits per heavy atom. The van der Waals surface area contributed by atoms with Gasteiger partial charge in [-0.3, -0.25) is 4.90 Å². The highest BCUT2D eigenvalue weighted by Gasteiger charge is 2.53. The Balaban J connectivity index is 1.71. The first-order valence-corrected chi connectivity index (χ1v) is 11.9. The molecule has 0 N–H and O–H groups in total. The summed E-state index contributed by atoms with van der Waals surface area (Å²) < 4.78 is 24.7. The molecule has 2 unspecified atom stereocenters. The molecule has 0 saturated carbocycles. The maximum absolute atomic E-state index is 13.3. The van der Waals surface area contributed by atoms with Crippen LogP contribution in [0.15, 0.2) is 53.4 Å². The van der Waals surface area contributed by atoms with Gasteiger partial charge in [-0.1, -0.05) is 35.9 Å². The van der Waals surface area contributed by atoms with Crippen molar-refractivity contribution in [2.75, 3.05) is 22.7 Å². The number of thioether (sulfide) groups is 1. The molecule has 2 heterocycles. The SMILES string of the molecule is CSc1cccc(N2C(=O)N(Cc3cccc(C)c3)C3CS(=O)(=O)CC32)c1. The summed E-state index contributed by atoms with van der Waals surface area (Å²) in [6, 6.07) is 15.0. The molecule has 7 heteroatoms. The van der Waals surface area contributed by atoms with Crippen LogP contribution in [0, 0.1) is 6.92 Å². The van der Waals surface area contributed by atoms with Crippen molar-refractivity contribution in [2.45, 2.75) is 30.4 Å². The molecular formula is C20H22N2O3S2. The Morgan fingerprint density at radius 3 is 2.56 bits per heavy atom. The van der Waals surface area contributed by atoms with Gasteiger partial charge in [-0.05, 0) is 36.9 Å². The smallest absolute Gasteiger partial charge is 0.314 e. The van der Waals surface area contributed by atoms with E-state index in [1.54, 1.807) is 21.6 Å². The van der Waals surface area contributed by atoms with Crippen molar-refractivity contribution in [3.8, 4) is 0 Å². The Kier molecular flexibility index (Phi) is 4.68. The summed E-state index contributed by atoms with van der Waals surface area (Å²) in [5, 5.41) is 0. The lowest BCUT2D eigenvalue weighted by molar-refractivity contribution is 0.206. The van der Waals surface area contributed by atoms with Crippen LogP contribution in [-0.2, 0) is 16.4 Å². The molecule has 5 nitrogen and oxygen atoms in total. The van der Waals surface area contributed by atoms with Crippen LogP contribution in [0.4, 0.5) is 10.5 Å². The first-order valence-electron chi connectivity index (χ1n) is 8.88. The van der Waals surface area contributed by atoms with E-state index in [9.17, 15) is 13.2 Å². The van der Waals surface area contributed by atoms with Gasteiger partial charge in [-0.2, -0.15) is 0 Å². The van der Waals surface area contributed by atoms with Crippen molar-refractivity contribution < 1.29 is 13.2 Å². The lowest BCUT2D eigenvalue weighted by atomic mass is 10.1. The minimum atomic E-state index is -3.16. The molecule has 4 rings (SSSR count). The van der Waals surface area contributed by atoms with Crippen LogP contribution in [-0.4, -0.2) is 49.2 Å². The molecule has 2 aromatic carbocycles. The number of carbonyl (C=O) groups is 1. The van der Waals surface area contributed by atoms with Gasteiger partial charge < -0.3 is 4.90 Å². The number of urea groups is 1. The fraction of sp³-hybridized carbons (Fsp3) is 0.350. The molecule has 2 amide bonds. The number of amides is 2. The molecule has 0 radical (unpaired) electrons. The molecule has 2 fully saturated rings. The van der Waals surface area contributed by atoms with Gasteiger partial charge >= 0.3 is 6.03 Å². The number of nitrogens with zero attached hydrogens (tertiary/aromatic N) is 2. The number of hydrogen-bond acceptors (Lipinski definition) is 4. The van der Waals surface area contributed by atoms with Crippen LogP contribution in [0.25, 0.3) is 0 Å². The predicted octanol–water partition coefficient (Wildman–Crippen LogP) is 3.32. The zero-order valence-electron chi connectivity index (χ0n) is 15.3. The third-order valence-corrected chi connectivity index (χ3v) is 7.67. The molecule has 2 saturated heterocycles. The molecular weight excluding hydrogens is 380 g/mol. The quantitative estimate of drug-likeness (QED) is 0.581. The lowest BCUT2D eigenvalue weighted by Gasteiger charge is -2.23. The highest BCUT2D eigenvalue weighted by atomic mass is 32.2. The molecule has 2 aliphatic rings. The Bertz CT molecular complexity index is 990. The number of anilines is 1. The minimum Gasteiger partial charge on any atom is -0.314 e. The summed E-state index contributed by atoms with van der Waals surface area (Å²) in [6.07, 6.45) is 1.98. The number of fused-ring (bicyclic) bond motifs is 1. The number of sulfone groups is 1. The van der Waals surface area contributed by atoms with Crippen molar-refractivity contribution in [3.05, 3.63) is 59.7 Å². The summed E-state index contributed by atoms with van der Waals surface area (Å²) >= 11 is 1.60. The van der Waals surface area contributed by atoms with Crippen LogP contribution >= 0.6 is 11.8 Å². The molecule has 2 aliphatic heterocycles. The average molecular weight is 403 g/mol. The third kappa shape index (κ3) is 3.46. The summed E-state index contributed by atoms with van der Waals surface area (Å²) in [4.78, 5) is 17.7. The van der Waals surface area contributed by atoms with Crippen LogP contribution in [0.5, 0.6) is 0 Å². The van der Waals surface area contributed by atoms with E-state index in [0.717, 1.165) is 21.7 Å². The summed E-state index contributed by atoms with van der Waals surface area (Å²) in [5.74, 6) is 0.0607. The highest BCUT2D eigenvalue weighted by molar-refractivity contribution is 7.98. The topological polar surface area (TPSA) is 57.7 Å². The molecule has 142 valence electrons. The second-order valence-corrected chi connectivity index (χ2v) is 10.2. The van der Waals surface area contributed by atoms with Crippen LogP contribution in [0.1, 0.15) is 11.1 Å². The zero-order valence-corrected chi connectivity index (χ0v) is 17.0. The number of aryl methyl sites for hydroxylation is 1. The van der Waals surface area contributed by atoms with Gasteiger partial charge in [0, 0.05) is 17.1 Å². The van der Waals surface area contributed by atoms with Gasteiger partial charge in [0.15, 0.2) is 9.84 Å². The lowest BCUT2D eigenvalue weighted by Crippen LogP contribution is -2.37. The standard InChI is InChI=1S/C20H22N2O3S2/c1-14-5-3-6-15(9-14)11-21-18-12-27(24,25)13-19(18)22(20(21)23)16-7-4-8-17(10-16)26-2/h3-10,18-19H,11-13H2,1-2H3. The average Bonchev–Trinajstić information content (AvgIpc) is 3.06. The number of rotatable bonds is 4. The largest absolute Gasteiger partial charge is 0.325 e. The summed E-state index contributed by atoms with van der Waals surface area (Å²) in [6.45, 7) is 2.44. The van der Waals surface area contributed by atoms with Crippen LogP contribution in [0.2, 0.25) is 0 Å². The fourth-order valence-electron chi connectivity index (χ4n) is 4.03. The van der Waals surface area contributed by atoms with E-state index in [1.807, 2.05) is 61.7 Å². The van der Waals surface area contributed by atoms with Gasteiger partial charge in [0.05, 0.1) is 23.6 Å². The highest BCUT2D eigenvalue weighted by Crippen LogP contribution is 2.37. The first-order chi connectivity index (χ1) is 12.9. The molecule has 0 spiro atoms. The van der Waals surface area contributed by atoms with E-state index in [0.29, 0.717) is 6.54 Å². The van der Waals surface area contributed by atoms with Gasteiger partial charge in [0.25, 0.3) is 0 Å². The van der Waals surface area contributed by atoms with E-state index in [-0.39, 0.29) is 29.6 Å². The second-order valence-electron chi connectivity index (χ2n) is 7.18. The molecule has 0 aromatic heterocycles. The first kappa shape index (κ1) is 18.4. The normalized spacial score (nSPS) is 23.7. The van der Waals surface area contributed by atoms with Crippen LogP contribution in [0.3, 0.4) is 0 Å². The summed E-state index contributed by atoms with van der Waals surface area (Å²) in [7, 11) is -3.16. The molecule has 2 atom stereocenters.